The number of aliphatic hydroxyl groups excluding tert-OH is 1. The zero-order valence-corrected chi connectivity index (χ0v) is 28.7. The van der Waals surface area contributed by atoms with Crippen molar-refractivity contribution in [2.24, 2.45) is 27.5 Å². The van der Waals surface area contributed by atoms with E-state index in [4.69, 9.17) is 21.8 Å². The molecule has 4 aromatic carbocycles. The second kappa shape index (κ2) is 12.8. The van der Waals surface area contributed by atoms with E-state index in [2.05, 4.69) is 47.2 Å². The van der Waals surface area contributed by atoms with Gasteiger partial charge in [0.25, 0.3) is 0 Å². The van der Waals surface area contributed by atoms with Crippen molar-refractivity contribution in [2.45, 2.75) is 63.9 Å². The van der Waals surface area contributed by atoms with Gasteiger partial charge in [0.1, 0.15) is 5.75 Å². The van der Waals surface area contributed by atoms with E-state index in [1.54, 1.807) is 11.3 Å². The fourth-order valence-corrected chi connectivity index (χ4v) is 9.89. The van der Waals surface area contributed by atoms with Crippen LogP contribution in [0.1, 0.15) is 67.2 Å². The maximum atomic E-state index is 11.4. The summed E-state index contributed by atoms with van der Waals surface area (Å²) in [6.07, 6.45) is 6.53. The Bertz CT molecular complexity index is 2040. The molecule has 2 N–H and O–H groups in total. The van der Waals surface area contributed by atoms with E-state index >= 15 is 0 Å². The summed E-state index contributed by atoms with van der Waals surface area (Å²) in [5.74, 6) is 1.91. The Morgan fingerprint density at radius 2 is 1.69 bits per heavy atom. The zero-order chi connectivity index (χ0) is 32.8. The summed E-state index contributed by atoms with van der Waals surface area (Å²) in [5, 5.41) is 34.9. The highest BCUT2D eigenvalue weighted by Crippen LogP contribution is 2.61. The molecule has 48 heavy (non-hydrogen) atoms. The zero-order valence-electron chi connectivity index (χ0n) is 27.1. The fraction of sp³-hybridized carbons (Fsp3) is 0.317. The lowest BCUT2D eigenvalue weighted by Crippen LogP contribution is -2.43. The number of hydrogen-bond acceptors (Lipinski definition) is 5. The minimum Gasteiger partial charge on any atom is -0.508 e. The van der Waals surface area contributed by atoms with Crippen molar-refractivity contribution < 1.29 is 10.2 Å². The number of halogens is 1. The number of rotatable bonds is 6. The number of aromatic nitrogens is 1. The number of fused-ring (bicyclic) bond motifs is 5. The molecule has 7 heteroatoms. The third-order valence-electron chi connectivity index (χ3n) is 11.5. The molecule has 0 saturated heterocycles. The average molecular weight is 674 g/mol. The Hall–Kier alpha value is -3.97. The van der Waals surface area contributed by atoms with Gasteiger partial charge in [-0.3, -0.25) is 4.57 Å². The summed E-state index contributed by atoms with van der Waals surface area (Å²) in [6, 6.07) is 32.6. The Balaban J connectivity index is 1.20. The SMILES string of the molecule is C[C@]12CC[C@@H]3c4cc(C/C(=N\N=c5\scc(-c6ccccc6)n5-c5ccccc5)c5ccc(Cl)cc5)c(O)cc4CC[C@H]3[C@@H]1CC[C@@H]2O. The van der Waals surface area contributed by atoms with Gasteiger partial charge < -0.3 is 10.2 Å². The first-order chi connectivity index (χ1) is 23.4. The molecule has 0 unspecified atom stereocenters. The molecule has 0 aliphatic heterocycles. The number of aryl methyl sites for hydroxylation is 1. The first-order valence-electron chi connectivity index (χ1n) is 17.1. The van der Waals surface area contributed by atoms with E-state index in [0.29, 0.717) is 34.9 Å². The molecule has 5 atom stereocenters. The van der Waals surface area contributed by atoms with Crippen LogP contribution >= 0.6 is 22.9 Å². The van der Waals surface area contributed by atoms with Crippen LogP contribution in [-0.2, 0) is 12.8 Å². The number of aliphatic hydroxyl groups is 1. The van der Waals surface area contributed by atoms with E-state index in [-0.39, 0.29) is 11.5 Å². The highest BCUT2D eigenvalue weighted by Gasteiger charge is 2.54. The summed E-state index contributed by atoms with van der Waals surface area (Å²) in [6.45, 7) is 2.32. The van der Waals surface area contributed by atoms with E-state index < -0.39 is 0 Å². The normalized spacial score (nSPS) is 25.4. The van der Waals surface area contributed by atoms with Crippen molar-refractivity contribution in [1.29, 1.82) is 0 Å². The van der Waals surface area contributed by atoms with Crippen LogP contribution in [0.15, 0.2) is 113 Å². The molecule has 8 rings (SSSR count). The average Bonchev–Trinajstić information content (AvgIpc) is 3.68. The molecule has 0 bridgehead atoms. The molecule has 5 aromatic rings. The predicted octanol–water partition coefficient (Wildman–Crippen LogP) is 9.33. The van der Waals surface area contributed by atoms with Crippen LogP contribution in [0.25, 0.3) is 16.9 Å². The quantitative estimate of drug-likeness (QED) is 0.139. The van der Waals surface area contributed by atoms with Crippen LogP contribution in [0.3, 0.4) is 0 Å². The standard InChI is InChI=1S/C41H40ClN3O2S/c1-41-21-20-32-33(35(41)18-19-39(41)47)17-14-28-24-38(46)29(22-34(28)32)23-36(26-12-15-30(42)16-13-26)43-44-40-45(31-10-6-3-7-11-31)37(25-48-40)27-8-4-2-5-9-27/h2-13,15-16,22,24-25,32-33,35,39,46-47H,14,17-21,23H2,1H3/b43-36+,44-40+/t32-,33+,35-,39-,41-/m0/s1. The number of para-hydroxylation sites is 1. The molecular formula is C41H40ClN3O2S. The van der Waals surface area contributed by atoms with Gasteiger partial charge in [-0.2, -0.15) is 5.10 Å². The first-order valence-corrected chi connectivity index (χ1v) is 18.4. The van der Waals surface area contributed by atoms with Crippen LogP contribution in [0, 0.1) is 17.3 Å². The van der Waals surface area contributed by atoms with Crippen molar-refractivity contribution in [3.05, 3.63) is 135 Å². The molecule has 2 fully saturated rings. The van der Waals surface area contributed by atoms with Gasteiger partial charge in [0.05, 0.1) is 17.5 Å². The van der Waals surface area contributed by atoms with Gasteiger partial charge in [0.15, 0.2) is 0 Å². The minimum absolute atomic E-state index is 0.0348. The molecule has 0 spiro atoms. The number of phenolic OH excluding ortho intramolecular Hbond substituents is 1. The van der Waals surface area contributed by atoms with Crippen molar-refractivity contribution in [3.63, 3.8) is 0 Å². The third-order valence-corrected chi connectivity index (χ3v) is 12.5. The lowest BCUT2D eigenvalue weighted by atomic mass is 9.55. The molecule has 244 valence electrons. The summed E-state index contributed by atoms with van der Waals surface area (Å²) in [5.41, 5.74) is 8.39. The van der Waals surface area contributed by atoms with Gasteiger partial charge in [-0.1, -0.05) is 85.3 Å². The van der Waals surface area contributed by atoms with Gasteiger partial charge in [0, 0.05) is 28.1 Å². The van der Waals surface area contributed by atoms with Gasteiger partial charge in [-0.05, 0) is 114 Å². The number of hydrogen-bond donors (Lipinski definition) is 2. The van der Waals surface area contributed by atoms with E-state index in [1.807, 2.05) is 66.7 Å². The minimum atomic E-state index is -0.185. The Morgan fingerprint density at radius 1 is 0.938 bits per heavy atom. The van der Waals surface area contributed by atoms with Crippen LogP contribution < -0.4 is 4.80 Å². The van der Waals surface area contributed by atoms with Crippen molar-refractivity contribution >= 4 is 28.6 Å². The number of benzene rings is 4. The number of thiazole rings is 1. The monoisotopic (exact) mass is 673 g/mol. The molecule has 0 radical (unpaired) electrons. The Labute approximate surface area is 290 Å². The molecule has 2 saturated carbocycles. The van der Waals surface area contributed by atoms with E-state index in [0.717, 1.165) is 77.1 Å². The molecule has 3 aliphatic rings. The maximum Gasteiger partial charge on any atom is 0.215 e. The smallest absolute Gasteiger partial charge is 0.215 e. The van der Waals surface area contributed by atoms with Crippen molar-refractivity contribution in [2.75, 3.05) is 0 Å². The predicted molar refractivity (Wildman–Crippen MR) is 195 cm³/mol. The van der Waals surface area contributed by atoms with Crippen LogP contribution in [0.2, 0.25) is 5.02 Å². The van der Waals surface area contributed by atoms with E-state index in [9.17, 15) is 10.2 Å². The number of nitrogens with zero attached hydrogens (tertiary/aromatic N) is 3. The second-order valence-electron chi connectivity index (χ2n) is 14.0. The highest BCUT2D eigenvalue weighted by molar-refractivity contribution is 7.07. The van der Waals surface area contributed by atoms with Crippen LogP contribution in [-0.4, -0.2) is 26.6 Å². The molecule has 5 nitrogen and oxygen atoms in total. The summed E-state index contributed by atoms with van der Waals surface area (Å²) in [7, 11) is 0. The van der Waals surface area contributed by atoms with Gasteiger partial charge in [-0.15, -0.1) is 16.4 Å². The summed E-state index contributed by atoms with van der Waals surface area (Å²) in [4.78, 5) is 0.757. The van der Waals surface area contributed by atoms with Gasteiger partial charge >= 0.3 is 0 Å². The number of phenols is 1. The topological polar surface area (TPSA) is 70.1 Å². The Kier molecular flexibility index (Phi) is 8.36. The van der Waals surface area contributed by atoms with Crippen molar-refractivity contribution in [3.8, 4) is 22.7 Å². The van der Waals surface area contributed by atoms with Gasteiger partial charge in [0.2, 0.25) is 4.80 Å². The van der Waals surface area contributed by atoms with Gasteiger partial charge in [-0.25, -0.2) is 0 Å². The molecule has 0 amide bonds. The molecule has 3 aliphatic carbocycles. The third kappa shape index (κ3) is 5.64. The lowest BCUT2D eigenvalue weighted by molar-refractivity contribution is -0.0226. The summed E-state index contributed by atoms with van der Waals surface area (Å²) >= 11 is 7.86. The lowest BCUT2D eigenvalue weighted by Gasteiger charge is -2.50. The van der Waals surface area contributed by atoms with Crippen LogP contribution in [0.5, 0.6) is 5.75 Å². The molecular weight excluding hydrogens is 634 g/mol. The van der Waals surface area contributed by atoms with Crippen LogP contribution in [0.4, 0.5) is 0 Å². The van der Waals surface area contributed by atoms with Crippen molar-refractivity contribution in [1.82, 2.24) is 4.57 Å². The molecule has 1 heterocycles. The first kappa shape index (κ1) is 31.3. The summed E-state index contributed by atoms with van der Waals surface area (Å²) < 4.78 is 2.15. The van der Waals surface area contributed by atoms with E-state index in [1.165, 1.54) is 11.1 Å². The number of aromatic hydroxyl groups is 1. The maximum absolute atomic E-state index is 11.4. The second-order valence-corrected chi connectivity index (χ2v) is 15.3. The molecule has 1 aromatic heterocycles. The Morgan fingerprint density at radius 3 is 2.46 bits per heavy atom. The fourth-order valence-electron chi connectivity index (χ4n) is 8.91. The largest absolute Gasteiger partial charge is 0.508 e. The highest BCUT2D eigenvalue weighted by atomic mass is 35.5.